The van der Waals surface area contributed by atoms with Gasteiger partial charge < -0.3 is 10.7 Å². The fourth-order valence-corrected chi connectivity index (χ4v) is 3.17. The van der Waals surface area contributed by atoms with Crippen LogP contribution < -0.4 is 17.0 Å². The first-order chi connectivity index (χ1) is 10.1. The molecule has 21 heavy (non-hydrogen) atoms. The van der Waals surface area contributed by atoms with E-state index < -0.39 is 0 Å². The van der Waals surface area contributed by atoms with Crippen molar-refractivity contribution in [1.29, 1.82) is 0 Å². The number of H-pyrrole nitrogens is 1. The second kappa shape index (κ2) is 5.48. The summed E-state index contributed by atoms with van der Waals surface area (Å²) in [6.07, 6.45) is 5.93. The Labute approximate surface area is 121 Å². The van der Waals surface area contributed by atoms with Gasteiger partial charge in [-0.2, -0.15) is 0 Å². The Balaban J connectivity index is 2.25. The molecule has 7 nitrogen and oxygen atoms in total. The maximum absolute atomic E-state index is 12.5. The summed E-state index contributed by atoms with van der Waals surface area (Å²) >= 11 is 0. The van der Waals surface area contributed by atoms with Crippen molar-refractivity contribution in [2.24, 2.45) is 12.8 Å². The number of aromatic nitrogens is 4. The zero-order chi connectivity index (χ0) is 15.0. The summed E-state index contributed by atoms with van der Waals surface area (Å²) in [6, 6.07) is 0.134. The molecule has 1 fully saturated rings. The lowest BCUT2D eigenvalue weighted by Crippen LogP contribution is -2.40. The fourth-order valence-electron chi connectivity index (χ4n) is 3.17. The summed E-state index contributed by atoms with van der Waals surface area (Å²) in [5.74, 6) is 0.666. The van der Waals surface area contributed by atoms with Gasteiger partial charge in [0.05, 0.1) is 0 Å². The van der Waals surface area contributed by atoms with Crippen LogP contribution in [0, 0.1) is 0 Å². The summed E-state index contributed by atoms with van der Waals surface area (Å²) in [7, 11) is 1.52. The van der Waals surface area contributed by atoms with Gasteiger partial charge in [0.25, 0.3) is 5.56 Å². The molecular weight excluding hydrogens is 270 g/mol. The van der Waals surface area contributed by atoms with Gasteiger partial charge in [-0.1, -0.05) is 19.3 Å². The average Bonchev–Trinajstić information content (AvgIpc) is 2.90. The summed E-state index contributed by atoms with van der Waals surface area (Å²) < 4.78 is 2.87. The summed E-state index contributed by atoms with van der Waals surface area (Å²) in [5.41, 5.74) is 5.85. The molecule has 0 saturated heterocycles. The second-order valence-electron chi connectivity index (χ2n) is 5.73. The van der Waals surface area contributed by atoms with Crippen molar-refractivity contribution in [2.75, 3.05) is 6.54 Å². The van der Waals surface area contributed by atoms with Gasteiger partial charge in [0, 0.05) is 19.5 Å². The number of hydrogen-bond donors (Lipinski definition) is 2. The predicted octanol–water partition coefficient (Wildman–Crippen LogP) is 0.430. The van der Waals surface area contributed by atoms with Gasteiger partial charge >= 0.3 is 5.69 Å². The van der Waals surface area contributed by atoms with Crippen LogP contribution in [0.15, 0.2) is 9.59 Å². The molecule has 0 unspecified atom stereocenters. The number of nitrogens with zero attached hydrogens (tertiary/aromatic N) is 3. The first-order valence-corrected chi connectivity index (χ1v) is 7.53. The molecule has 0 aromatic carbocycles. The average molecular weight is 291 g/mol. The Morgan fingerprint density at radius 3 is 2.67 bits per heavy atom. The van der Waals surface area contributed by atoms with Gasteiger partial charge in [-0.25, -0.2) is 9.78 Å². The summed E-state index contributed by atoms with van der Waals surface area (Å²) in [5, 5.41) is 0. The highest BCUT2D eigenvalue weighted by Gasteiger charge is 2.23. The van der Waals surface area contributed by atoms with Crippen LogP contribution in [0.1, 0.15) is 44.0 Å². The molecule has 0 amide bonds. The van der Waals surface area contributed by atoms with E-state index >= 15 is 0 Å². The lowest BCUT2D eigenvalue weighted by Gasteiger charge is -2.24. The molecule has 3 rings (SSSR count). The van der Waals surface area contributed by atoms with Crippen LogP contribution in [0.3, 0.4) is 0 Å². The Kier molecular flexibility index (Phi) is 3.67. The van der Waals surface area contributed by atoms with Crippen LogP contribution in [0.5, 0.6) is 0 Å². The second-order valence-corrected chi connectivity index (χ2v) is 5.73. The maximum Gasteiger partial charge on any atom is 0.332 e. The summed E-state index contributed by atoms with van der Waals surface area (Å²) in [4.78, 5) is 32.2. The third-order valence-electron chi connectivity index (χ3n) is 4.29. The topological polar surface area (TPSA) is 98.7 Å². The van der Waals surface area contributed by atoms with Crippen LogP contribution in [-0.2, 0) is 13.5 Å². The number of rotatable bonds is 3. The van der Waals surface area contributed by atoms with Crippen molar-refractivity contribution in [3.63, 3.8) is 0 Å². The lowest BCUT2D eigenvalue weighted by atomic mass is 9.95. The lowest BCUT2D eigenvalue weighted by molar-refractivity contribution is 0.345. The van der Waals surface area contributed by atoms with Gasteiger partial charge in [-0.05, 0) is 19.4 Å². The van der Waals surface area contributed by atoms with Crippen molar-refractivity contribution in [1.82, 2.24) is 19.1 Å². The van der Waals surface area contributed by atoms with Gasteiger partial charge in [-0.3, -0.25) is 13.9 Å². The predicted molar refractivity (Wildman–Crippen MR) is 80.5 cm³/mol. The Hall–Kier alpha value is -1.89. The largest absolute Gasteiger partial charge is 0.336 e. The Morgan fingerprint density at radius 2 is 2.00 bits per heavy atom. The highest BCUT2D eigenvalue weighted by atomic mass is 16.2. The van der Waals surface area contributed by atoms with E-state index in [4.69, 9.17) is 5.73 Å². The molecule has 2 heterocycles. The molecule has 0 aliphatic heterocycles. The molecule has 0 atom stereocenters. The maximum atomic E-state index is 12.5. The summed E-state index contributed by atoms with van der Waals surface area (Å²) in [6.45, 7) is 0.452. The van der Waals surface area contributed by atoms with Crippen LogP contribution in [0.2, 0.25) is 0 Å². The van der Waals surface area contributed by atoms with E-state index in [2.05, 4.69) is 9.97 Å². The molecule has 3 N–H and O–H groups in total. The van der Waals surface area contributed by atoms with E-state index in [1.165, 1.54) is 18.0 Å². The molecular formula is C14H21N5O2. The highest BCUT2D eigenvalue weighted by molar-refractivity contribution is 5.70. The van der Waals surface area contributed by atoms with Crippen molar-refractivity contribution in [3.8, 4) is 0 Å². The standard InChI is InChI=1S/C14H21N5O2/c1-18-13(20)11-12(17-10(16-11)7-8-15)19(14(18)21)9-5-3-2-4-6-9/h9H,2-8,15H2,1H3,(H,16,17). The molecule has 0 spiro atoms. The van der Waals surface area contributed by atoms with Gasteiger partial charge in [-0.15, -0.1) is 0 Å². The monoisotopic (exact) mass is 291 g/mol. The zero-order valence-corrected chi connectivity index (χ0v) is 12.3. The first-order valence-electron chi connectivity index (χ1n) is 7.53. The molecule has 114 valence electrons. The van der Waals surface area contributed by atoms with E-state index in [1.54, 1.807) is 4.57 Å². The van der Waals surface area contributed by atoms with E-state index in [0.29, 0.717) is 30.0 Å². The van der Waals surface area contributed by atoms with E-state index in [1.807, 2.05) is 0 Å². The molecule has 1 aliphatic rings. The minimum Gasteiger partial charge on any atom is -0.336 e. The third-order valence-corrected chi connectivity index (χ3v) is 4.29. The number of fused-ring (bicyclic) bond motifs is 1. The van der Waals surface area contributed by atoms with Gasteiger partial charge in [0.2, 0.25) is 0 Å². The van der Waals surface area contributed by atoms with Crippen molar-refractivity contribution in [2.45, 2.75) is 44.6 Å². The number of hydrogen-bond acceptors (Lipinski definition) is 4. The number of imidazole rings is 1. The van der Waals surface area contributed by atoms with Crippen molar-refractivity contribution >= 4 is 11.2 Å². The van der Waals surface area contributed by atoms with Crippen LogP contribution in [0.4, 0.5) is 0 Å². The van der Waals surface area contributed by atoms with Crippen molar-refractivity contribution in [3.05, 3.63) is 26.7 Å². The molecule has 0 bridgehead atoms. The smallest absolute Gasteiger partial charge is 0.332 e. The minimum absolute atomic E-state index is 0.134. The van der Waals surface area contributed by atoms with E-state index in [0.717, 1.165) is 25.7 Å². The molecule has 0 radical (unpaired) electrons. The normalized spacial score (nSPS) is 16.7. The Bertz CT molecular complexity index is 764. The van der Waals surface area contributed by atoms with Gasteiger partial charge in [0.15, 0.2) is 5.65 Å². The number of aromatic amines is 1. The molecule has 2 aromatic rings. The minimum atomic E-state index is -0.321. The van der Waals surface area contributed by atoms with E-state index in [-0.39, 0.29) is 17.3 Å². The molecule has 1 aliphatic carbocycles. The highest BCUT2D eigenvalue weighted by Crippen LogP contribution is 2.28. The first kappa shape index (κ1) is 14.1. The zero-order valence-electron chi connectivity index (χ0n) is 12.3. The van der Waals surface area contributed by atoms with Gasteiger partial charge in [0.1, 0.15) is 11.3 Å². The SMILES string of the molecule is Cn1c(=O)c2[nH]c(CCN)nc2n(C2CCCCC2)c1=O. The van der Waals surface area contributed by atoms with Crippen molar-refractivity contribution < 1.29 is 0 Å². The molecule has 1 saturated carbocycles. The van der Waals surface area contributed by atoms with E-state index in [9.17, 15) is 9.59 Å². The Morgan fingerprint density at radius 1 is 1.29 bits per heavy atom. The van der Waals surface area contributed by atoms with Crippen LogP contribution in [-0.4, -0.2) is 25.6 Å². The number of nitrogens with two attached hydrogens (primary N) is 1. The van der Waals surface area contributed by atoms with Crippen LogP contribution in [0.25, 0.3) is 11.2 Å². The third kappa shape index (κ3) is 2.31. The molecule has 7 heteroatoms. The number of nitrogens with one attached hydrogen (secondary N) is 1. The fraction of sp³-hybridized carbons (Fsp3) is 0.643. The van der Waals surface area contributed by atoms with Crippen LogP contribution >= 0.6 is 0 Å². The molecule has 2 aromatic heterocycles. The quantitative estimate of drug-likeness (QED) is 0.856.